The van der Waals surface area contributed by atoms with Crippen molar-refractivity contribution in [1.29, 1.82) is 0 Å². The molecule has 172 valence electrons. The maximum absolute atomic E-state index is 13.5. The second-order valence-electron chi connectivity index (χ2n) is 8.93. The predicted molar refractivity (Wildman–Crippen MR) is 106 cm³/mol. The van der Waals surface area contributed by atoms with Crippen LogP contribution in [0.1, 0.15) is 48.9 Å². The Bertz CT molecular complexity index is 1040. The summed E-state index contributed by atoms with van der Waals surface area (Å²) in [7, 11) is 0. The number of nitrogens with one attached hydrogen (secondary N) is 2. The van der Waals surface area contributed by atoms with E-state index in [1.54, 1.807) is 4.68 Å². The van der Waals surface area contributed by atoms with Crippen molar-refractivity contribution in [2.24, 2.45) is 5.92 Å². The van der Waals surface area contributed by atoms with Gasteiger partial charge in [0.05, 0.1) is 25.5 Å². The lowest BCUT2D eigenvalue weighted by atomic mass is 9.80. The Kier molecular flexibility index (Phi) is 4.51. The standard InChI is InChI=1S/C20H23F3N6O3/c21-20(22,23)11-5-24-19-26-16-15(9-1-2-9)28-29(13-7-31-8-14(13)30)18(16)32-6-10-3-4-12(10)25-17(11)27-19/h5,9-10,12-14,30H,1-4,6-8H2,(H2,24,25,26,27)/t10-,12?,13?,14+/m1/s1. The van der Waals surface area contributed by atoms with Crippen LogP contribution in [-0.2, 0) is 10.9 Å². The largest absolute Gasteiger partial charge is 0.476 e. The molecule has 1 saturated heterocycles. The molecule has 32 heavy (non-hydrogen) atoms. The number of alkyl halides is 3. The quantitative estimate of drug-likeness (QED) is 0.639. The second-order valence-corrected chi connectivity index (χ2v) is 8.93. The molecule has 9 nitrogen and oxygen atoms in total. The van der Waals surface area contributed by atoms with E-state index in [0.29, 0.717) is 24.8 Å². The molecule has 0 aromatic carbocycles. The number of halogens is 3. The molecule has 0 amide bonds. The second kappa shape index (κ2) is 7.20. The lowest BCUT2D eigenvalue weighted by Gasteiger charge is -2.37. The van der Waals surface area contributed by atoms with Gasteiger partial charge in [0.25, 0.3) is 0 Å². The minimum atomic E-state index is -4.56. The van der Waals surface area contributed by atoms with Crippen molar-refractivity contribution in [1.82, 2.24) is 19.7 Å². The minimum Gasteiger partial charge on any atom is -0.476 e. The Morgan fingerprint density at radius 1 is 1.12 bits per heavy atom. The first-order chi connectivity index (χ1) is 15.4. The smallest absolute Gasteiger partial charge is 0.421 e. The molecule has 2 unspecified atom stereocenters. The van der Waals surface area contributed by atoms with Gasteiger partial charge in [0.2, 0.25) is 11.8 Å². The van der Waals surface area contributed by atoms with Gasteiger partial charge in [-0.3, -0.25) is 0 Å². The van der Waals surface area contributed by atoms with Gasteiger partial charge in [-0.1, -0.05) is 0 Å². The Morgan fingerprint density at radius 2 is 1.97 bits per heavy atom. The van der Waals surface area contributed by atoms with E-state index in [1.807, 2.05) is 0 Å². The Labute approximate surface area is 181 Å². The van der Waals surface area contributed by atoms with Gasteiger partial charge in [0, 0.05) is 24.1 Å². The molecular weight excluding hydrogens is 429 g/mol. The Morgan fingerprint density at radius 3 is 2.62 bits per heavy atom. The van der Waals surface area contributed by atoms with E-state index in [2.05, 4.69) is 20.6 Å². The van der Waals surface area contributed by atoms with Crippen molar-refractivity contribution >= 4 is 17.5 Å². The molecule has 2 bridgehead atoms. The average molecular weight is 452 g/mol. The van der Waals surface area contributed by atoms with E-state index in [4.69, 9.17) is 14.6 Å². The molecular formula is C20H23F3N6O3. The average Bonchev–Trinajstić information content (AvgIpc) is 3.40. The van der Waals surface area contributed by atoms with Crippen LogP contribution in [0.4, 0.5) is 30.6 Å². The molecule has 2 aliphatic carbocycles. The normalized spacial score (nSPS) is 29.5. The number of hydrogen-bond donors (Lipinski definition) is 3. The van der Waals surface area contributed by atoms with Gasteiger partial charge in [0.1, 0.15) is 29.2 Å². The summed E-state index contributed by atoms with van der Waals surface area (Å²) < 4.78 is 54.0. The van der Waals surface area contributed by atoms with Crippen LogP contribution in [-0.4, -0.2) is 56.8 Å². The topological polar surface area (TPSA) is 106 Å². The molecule has 2 saturated carbocycles. The molecule has 4 atom stereocenters. The molecule has 0 spiro atoms. The van der Waals surface area contributed by atoms with Gasteiger partial charge in [-0.05, 0) is 25.7 Å². The van der Waals surface area contributed by atoms with E-state index in [9.17, 15) is 18.3 Å². The van der Waals surface area contributed by atoms with Gasteiger partial charge in [0.15, 0.2) is 0 Å². The minimum absolute atomic E-state index is 0.0259. The number of fused-ring (bicyclic) bond motifs is 4. The summed E-state index contributed by atoms with van der Waals surface area (Å²) in [5.74, 6) is 0.493. The zero-order valence-corrected chi connectivity index (χ0v) is 17.1. The van der Waals surface area contributed by atoms with Crippen LogP contribution >= 0.6 is 0 Å². The summed E-state index contributed by atoms with van der Waals surface area (Å²) in [6.45, 7) is 0.833. The zero-order chi connectivity index (χ0) is 22.0. The summed E-state index contributed by atoms with van der Waals surface area (Å²) in [6, 6.07) is -0.581. The number of aliphatic hydroxyl groups is 1. The van der Waals surface area contributed by atoms with Crippen LogP contribution in [0.2, 0.25) is 0 Å². The third-order valence-corrected chi connectivity index (χ3v) is 6.70. The van der Waals surface area contributed by atoms with E-state index in [0.717, 1.165) is 37.6 Å². The number of hydrogen-bond acceptors (Lipinski definition) is 8. The highest BCUT2D eigenvalue weighted by molar-refractivity contribution is 5.66. The highest BCUT2D eigenvalue weighted by Gasteiger charge is 2.41. The van der Waals surface area contributed by atoms with Gasteiger partial charge >= 0.3 is 6.18 Å². The number of anilines is 3. The molecule has 2 aromatic heterocycles. The van der Waals surface area contributed by atoms with Crippen LogP contribution in [0.3, 0.4) is 0 Å². The number of rotatable bonds is 2. The molecule has 3 fully saturated rings. The van der Waals surface area contributed by atoms with E-state index in [-0.39, 0.29) is 36.3 Å². The van der Waals surface area contributed by atoms with E-state index in [1.165, 1.54) is 0 Å². The molecule has 2 aliphatic heterocycles. The van der Waals surface area contributed by atoms with Crippen LogP contribution in [0, 0.1) is 5.92 Å². The van der Waals surface area contributed by atoms with Crippen molar-refractivity contribution in [2.45, 2.75) is 56.0 Å². The zero-order valence-electron chi connectivity index (χ0n) is 17.1. The number of aliphatic hydroxyl groups excluding tert-OH is 1. The lowest BCUT2D eigenvalue weighted by molar-refractivity contribution is -0.137. The van der Waals surface area contributed by atoms with E-state index >= 15 is 0 Å². The summed E-state index contributed by atoms with van der Waals surface area (Å²) in [5.41, 5.74) is 0.412. The molecule has 2 aromatic rings. The third-order valence-electron chi connectivity index (χ3n) is 6.70. The maximum atomic E-state index is 13.5. The molecule has 6 rings (SSSR count). The summed E-state index contributed by atoms with van der Waals surface area (Å²) in [6.07, 6.45) is -1.00. The van der Waals surface area contributed by atoms with Crippen molar-refractivity contribution in [3.8, 4) is 5.88 Å². The van der Waals surface area contributed by atoms with Crippen LogP contribution < -0.4 is 15.4 Å². The molecule has 0 radical (unpaired) electrons. The molecule has 12 heteroatoms. The van der Waals surface area contributed by atoms with Crippen molar-refractivity contribution in [3.05, 3.63) is 17.5 Å². The molecule has 4 aliphatic rings. The number of aromatic nitrogens is 4. The summed E-state index contributed by atoms with van der Waals surface area (Å²) in [5, 5.41) is 21.2. The highest BCUT2D eigenvalue weighted by atomic mass is 19.4. The molecule has 3 N–H and O–H groups in total. The Hall–Kier alpha value is -2.60. The van der Waals surface area contributed by atoms with Crippen LogP contribution in [0.5, 0.6) is 5.88 Å². The van der Waals surface area contributed by atoms with Crippen LogP contribution in [0.15, 0.2) is 6.20 Å². The van der Waals surface area contributed by atoms with Gasteiger partial charge < -0.3 is 25.2 Å². The first-order valence-electron chi connectivity index (χ1n) is 10.9. The summed E-state index contributed by atoms with van der Waals surface area (Å²) >= 11 is 0. The van der Waals surface area contributed by atoms with Crippen LogP contribution in [0.25, 0.3) is 0 Å². The van der Waals surface area contributed by atoms with E-state index < -0.39 is 23.9 Å². The highest BCUT2D eigenvalue weighted by Crippen LogP contribution is 2.48. The summed E-state index contributed by atoms with van der Waals surface area (Å²) in [4.78, 5) is 8.12. The lowest BCUT2D eigenvalue weighted by Crippen LogP contribution is -2.42. The monoisotopic (exact) mass is 452 g/mol. The first-order valence-corrected chi connectivity index (χ1v) is 10.9. The fourth-order valence-electron chi connectivity index (χ4n) is 4.52. The molecule has 4 heterocycles. The maximum Gasteiger partial charge on any atom is 0.421 e. The number of nitrogens with zero attached hydrogens (tertiary/aromatic N) is 4. The fourth-order valence-corrected chi connectivity index (χ4v) is 4.52. The van der Waals surface area contributed by atoms with Crippen molar-refractivity contribution in [3.63, 3.8) is 0 Å². The van der Waals surface area contributed by atoms with Crippen molar-refractivity contribution in [2.75, 3.05) is 30.5 Å². The van der Waals surface area contributed by atoms with Gasteiger partial charge in [-0.15, -0.1) is 0 Å². The third kappa shape index (κ3) is 3.36. The number of ether oxygens (including phenoxy) is 2. The van der Waals surface area contributed by atoms with Gasteiger partial charge in [-0.25, -0.2) is 9.67 Å². The predicted octanol–water partition coefficient (Wildman–Crippen LogP) is 2.83. The SMILES string of the molecule is O[C@H]1COCC1n1nc(C2CC2)c2c1OC[C@H]1CCC1Nc1nc(ncc1C(F)(F)F)N2. The fraction of sp³-hybridized carbons (Fsp3) is 0.650. The first kappa shape index (κ1) is 20.0. The Balaban J connectivity index is 1.46. The van der Waals surface area contributed by atoms with Crippen molar-refractivity contribution < 1.29 is 27.8 Å². The van der Waals surface area contributed by atoms with Gasteiger partial charge in [-0.2, -0.15) is 23.3 Å².